The number of amides is 1. The van der Waals surface area contributed by atoms with Crippen LogP contribution in [0, 0.1) is 24.4 Å². The molecule has 0 aliphatic carbocycles. The number of rotatable bonds is 2. The molecular weight excluding hydrogens is 409 g/mol. The number of aromatic nitrogens is 5. The standard InChI is InChI=1S/C21H17F3N6O/c1-11-26-19(17-9-25-4-6-30(11)17)21(31)29-5-3-13-16(10-29)27-28(2)20(13)12-7-14(22)18(24)15(23)8-12/h4,6-9H,3,5,10H2,1-2H3. The Morgan fingerprint density at radius 3 is 2.65 bits per heavy atom. The highest BCUT2D eigenvalue weighted by molar-refractivity contribution is 5.99. The fraction of sp³-hybridized carbons (Fsp3) is 0.238. The van der Waals surface area contributed by atoms with Crippen molar-refractivity contribution in [1.82, 2.24) is 29.0 Å². The molecule has 0 N–H and O–H groups in total. The summed E-state index contributed by atoms with van der Waals surface area (Å²) >= 11 is 0. The number of benzene rings is 1. The molecule has 0 radical (unpaired) electrons. The fourth-order valence-electron chi connectivity index (χ4n) is 4.15. The molecule has 0 spiro atoms. The largest absolute Gasteiger partial charge is 0.331 e. The van der Waals surface area contributed by atoms with Crippen LogP contribution < -0.4 is 0 Å². The van der Waals surface area contributed by atoms with Crippen molar-refractivity contribution in [2.45, 2.75) is 19.9 Å². The molecule has 4 aromatic rings. The molecule has 7 nitrogen and oxygen atoms in total. The lowest BCUT2D eigenvalue weighted by atomic mass is 9.99. The molecule has 3 aromatic heterocycles. The highest BCUT2D eigenvalue weighted by Gasteiger charge is 2.30. The van der Waals surface area contributed by atoms with Gasteiger partial charge in [0.15, 0.2) is 23.1 Å². The topological polar surface area (TPSA) is 68.3 Å². The summed E-state index contributed by atoms with van der Waals surface area (Å²) in [5.74, 6) is -3.58. The third-order valence-corrected chi connectivity index (χ3v) is 5.57. The number of carbonyl (C=O) groups is 1. The summed E-state index contributed by atoms with van der Waals surface area (Å²) in [5, 5.41) is 4.45. The first-order chi connectivity index (χ1) is 14.8. The Balaban J connectivity index is 1.49. The van der Waals surface area contributed by atoms with Gasteiger partial charge >= 0.3 is 0 Å². The zero-order chi connectivity index (χ0) is 21.9. The van der Waals surface area contributed by atoms with E-state index in [0.29, 0.717) is 41.4 Å². The second-order valence-corrected chi connectivity index (χ2v) is 7.47. The minimum atomic E-state index is -1.51. The van der Waals surface area contributed by atoms with Gasteiger partial charge < -0.3 is 9.30 Å². The van der Waals surface area contributed by atoms with Crippen LogP contribution >= 0.6 is 0 Å². The van der Waals surface area contributed by atoms with Crippen molar-refractivity contribution in [2.24, 2.45) is 7.05 Å². The summed E-state index contributed by atoms with van der Waals surface area (Å²) in [6.07, 6.45) is 5.40. The predicted octanol–water partition coefficient (Wildman–Crippen LogP) is 3.05. The van der Waals surface area contributed by atoms with E-state index in [1.807, 2.05) is 6.92 Å². The lowest BCUT2D eigenvalue weighted by Crippen LogP contribution is -2.36. The van der Waals surface area contributed by atoms with Crippen LogP contribution in [-0.4, -0.2) is 41.5 Å². The molecule has 4 heterocycles. The average molecular weight is 426 g/mol. The van der Waals surface area contributed by atoms with Gasteiger partial charge in [-0.3, -0.25) is 14.5 Å². The Morgan fingerprint density at radius 1 is 1.16 bits per heavy atom. The maximum absolute atomic E-state index is 13.8. The first-order valence-corrected chi connectivity index (χ1v) is 9.62. The molecule has 31 heavy (non-hydrogen) atoms. The number of halogens is 3. The quantitative estimate of drug-likeness (QED) is 0.462. The number of aryl methyl sites for hydroxylation is 2. The molecule has 10 heteroatoms. The zero-order valence-electron chi connectivity index (χ0n) is 16.7. The van der Waals surface area contributed by atoms with Crippen molar-refractivity contribution in [2.75, 3.05) is 6.54 Å². The third kappa shape index (κ3) is 2.97. The second-order valence-electron chi connectivity index (χ2n) is 7.47. The summed E-state index contributed by atoms with van der Waals surface area (Å²) in [6, 6.07) is 1.92. The van der Waals surface area contributed by atoms with Gasteiger partial charge in [-0.2, -0.15) is 5.10 Å². The van der Waals surface area contributed by atoms with Crippen LogP contribution in [0.25, 0.3) is 16.8 Å². The normalized spacial score (nSPS) is 13.6. The molecule has 0 unspecified atom stereocenters. The van der Waals surface area contributed by atoms with E-state index < -0.39 is 17.5 Å². The van der Waals surface area contributed by atoms with E-state index in [9.17, 15) is 18.0 Å². The molecule has 1 aliphatic heterocycles. The third-order valence-electron chi connectivity index (χ3n) is 5.57. The van der Waals surface area contributed by atoms with E-state index in [1.54, 1.807) is 34.9 Å². The van der Waals surface area contributed by atoms with Gasteiger partial charge in [-0.1, -0.05) is 0 Å². The summed E-state index contributed by atoms with van der Waals surface area (Å²) in [7, 11) is 1.65. The van der Waals surface area contributed by atoms with Crippen LogP contribution in [0.5, 0.6) is 0 Å². The van der Waals surface area contributed by atoms with Crippen molar-refractivity contribution in [3.05, 3.63) is 71.0 Å². The van der Waals surface area contributed by atoms with Gasteiger partial charge in [0.2, 0.25) is 0 Å². The van der Waals surface area contributed by atoms with Gasteiger partial charge in [0.1, 0.15) is 5.82 Å². The Morgan fingerprint density at radius 2 is 1.90 bits per heavy atom. The summed E-state index contributed by atoms with van der Waals surface area (Å²) in [5.41, 5.74) is 3.05. The van der Waals surface area contributed by atoms with E-state index in [0.717, 1.165) is 17.7 Å². The molecule has 0 saturated carbocycles. The Bertz CT molecular complexity index is 1340. The number of imidazole rings is 1. The Kier molecular flexibility index (Phi) is 4.31. The molecule has 0 fully saturated rings. The molecule has 1 aromatic carbocycles. The molecule has 0 bridgehead atoms. The monoisotopic (exact) mass is 426 g/mol. The zero-order valence-corrected chi connectivity index (χ0v) is 16.7. The highest BCUT2D eigenvalue weighted by Crippen LogP contribution is 2.32. The molecule has 1 amide bonds. The van der Waals surface area contributed by atoms with Gasteiger partial charge in [-0.25, -0.2) is 18.2 Å². The number of hydrogen-bond acceptors (Lipinski definition) is 4. The smallest absolute Gasteiger partial charge is 0.275 e. The van der Waals surface area contributed by atoms with Crippen LogP contribution in [0.2, 0.25) is 0 Å². The predicted molar refractivity (Wildman–Crippen MR) is 105 cm³/mol. The molecule has 0 saturated heterocycles. The second kappa shape index (κ2) is 6.93. The molecule has 1 aliphatic rings. The van der Waals surface area contributed by atoms with Gasteiger partial charge in [0.05, 0.1) is 29.6 Å². The van der Waals surface area contributed by atoms with Crippen LogP contribution in [0.1, 0.15) is 27.6 Å². The first kappa shape index (κ1) is 19.3. The van der Waals surface area contributed by atoms with Crippen molar-refractivity contribution < 1.29 is 18.0 Å². The number of carbonyl (C=O) groups excluding carboxylic acids is 1. The Labute approximate surface area is 174 Å². The number of nitrogens with zero attached hydrogens (tertiary/aromatic N) is 6. The first-order valence-electron chi connectivity index (χ1n) is 9.62. The fourth-order valence-corrected chi connectivity index (χ4v) is 4.15. The maximum atomic E-state index is 13.8. The maximum Gasteiger partial charge on any atom is 0.275 e. The molecule has 0 atom stereocenters. The summed E-state index contributed by atoms with van der Waals surface area (Å²) in [4.78, 5) is 23.3. The van der Waals surface area contributed by atoms with Crippen LogP contribution in [-0.2, 0) is 20.0 Å². The van der Waals surface area contributed by atoms with Crippen molar-refractivity contribution in [1.29, 1.82) is 0 Å². The number of fused-ring (bicyclic) bond motifs is 2. The van der Waals surface area contributed by atoms with Crippen LogP contribution in [0.15, 0.2) is 30.7 Å². The van der Waals surface area contributed by atoms with Gasteiger partial charge in [-0.05, 0) is 25.5 Å². The lowest BCUT2D eigenvalue weighted by Gasteiger charge is -2.26. The van der Waals surface area contributed by atoms with Gasteiger partial charge in [0, 0.05) is 37.1 Å². The summed E-state index contributed by atoms with van der Waals surface area (Å²) < 4.78 is 44.2. The SMILES string of the molecule is Cc1nc(C(=O)N2CCc3c(nn(C)c3-c3cc(F)c(F)c(F)c3)C2)c2cnccn12. The van der Waals surface area contributed by atoms with E-state index in [-0.39, 0.29) is 18.0 Å². The Hall–Kier alpha value is -3.69. The molecular formula is C21H17F3N6O. The van der Waals surface area contributed by atoms with Crippen LogP contribution in [0.3, 0.4) is 0 Å². The highest BCUT2D eigenvalue weighted by atomic mass is 19.2. The lowest BCUT2D eigenvalue weighted by molar-refractivity contribution is 0.0729. The van der Waals surface area contributed by atoms with Crippen molar-refractivity contribution in [3.63, 3.8) is 0 Å². The van der Waals surface area contributed by atoms with Gasteiger partial charge in [0.25, 0.3) is 5.91 Å². The van der Waals surface area contributed by atoms with Gasteiger partial charge in [-0.15, -0.1) is 0 Å². The molecule has 5 rings (SSSR count). The average Bonchev–Trinajstić information content (AvgIpc) is 3.27. The number of hydrogen-bond donors (Lipinski definition) is 0. The van der Waals surface area contributed by atoms with E-state index in [1.165, 1.54) is 4.68 Å². The van der Waals surface area contributed by atoms with E-state index in [4.69, 9.17) is 0 Å². The van der Waals surface area contributed by atoms with E-state index in [2.05, 4.69) is 15.1 Å². The van der Waals surface area contributed by atoms with Crippen LogP contribution in [0.4, 0.5) is 13.2 Å². The van der Waals surface area contributed by atoms with Crippen molar-refractivity contribution in [3.8, 4) is 11.3 Å². The van der Waals surface area contributed by atoms with Crippen molar-refractivity contribution >= 4 is 11.4 Å². The summed E-state index contributed by atoms with van der Waals surface area (Å²) in [6.45, 7) is 2.42. The van der Waals surface area contributed by atoms with E-state index >= 15 is 0 Å². The minimum absolute atomic E-state index is 0.203. The minimum Gasteiger partial charge on any atom is -0.331 e. The molecule has 158 valence electrons.